The van der Waals surface area contributed by atoms with Gasteiger partial charge in [-0.2, -0.15) is 5.26 Å². The molecule has 0 aliphatic heterocycles. The van der Waals surface area contributed by atoms with E-state index < -0.39 is 5.97 Å². The van der Waals surface area contributed by atoms with Crippen LogP contribution in [0, 0.1) is 11.3 Å². The van der Waals surface area contributed by atoms with Crippen LogP contribution >= 0.6 is 0 Å². The third kappa shape index (κ3) is 4.14. The normalized spacial score (nSPS) is 11.1. The van der Waals surface area contributed by atoms with Crippen molar-refractivity contribution in [2.24, 2.45) is 0 Å². The van der Waals surface area contributed by atoms with Gasteiger partial charge < -0.3 is 9.47 Å². The van der Waals surface area contributed by atoms with Crippen LogP contribution in [0.15, 0.2) is 42.0 Å². The summed E-state index contributed by atoms with van der Waals surface area (Å²) in [5.41, 5.74) is 0.697. The molecule has 4 heteroatoms. The molecule has 0 fully saturated rings. The van der Waals surface area contributed by atoms with Crippen LogP contribution in [0.5, 0.6) is 5.75 Å². The van der Waals surface area contributed by atoms with Crippen molar-refractivity contribution in [1.82, 2.24) is 0 Å². The van der Waals surface area contributed by atoms with Crippen LogP contribution in [0.25, 0.3) is 16.8 Å². The molecule has 0 N–H and O–H groups in total. The highest BCUT2D eigenvalue weighted by molar-refractivity contribution is 6.02. The Labute approximate surface area is 142 Å². The van der Waals surface area contributed by atoms with E-state index in [1.165, 1.54) is 0 Å². The van der Waals surface area contributed by atoms with Gasteiger partial charge >= 0.3 is 5.97 Å². The zero-order valence-electron chi connectivity index (χ0n) is 14.0. The maximum Gasteiger partial charge on any atom is 0.348 e. The smallest absolute Gasteiger partial charge is 0.348 e. The second kappa shape index (κ2) is 8.73. The van der Waals surface area contributed by atoms with Gasteiger partial charge in [0.2, 0.25) is 0 Å². The predicted octanol–water partition coefficient (Wildman–Crippen LogP) is 4.49. The Morgan fingerprint density at radius 3 is 2.71 bits per heavy atom. The van der Waals surface area contributed by atoms with Crippen molar-refractivity contribution >= 4 is 22.8 Å². The number of ether oxygens (including phenoxy) is 2. The summed E-state index contributed by atoms with van der Waals surface area (Å²) in [5.74, 6) is 0.0478. The average Bonchev–Trinajstić information content (AvgIpc) is 2.60. The van der Waals surface area contributed by atoms with E-state index in [9.17, 15) is 10.1 Å². The second-order valence-corrected chi connectivity index (χ2v) is 5.29. The molecule has 2 aromatic rings. The van der Waals surface area contributed by atoms with E-state index in [2.05, 4.69) is 6.92 Å². The van der Waals surface area contributed by atoms with Crippen molar-refractivity contribution in [1.29, 1.82) is 5.26 Å². The molecule has 0 amide bonds. The SMILES string of the molecule is CCCCOc1ccc2ccccc2c1/C=C(/C#N)C(=O)OCC. The predicted molar refractivity (Wildman–Crippen MR) is 94.6 cm³/mol. The molecule has 0 heterocycles. The standard InChI is InChI=1S/C20H21NO3/c1-3-5-12-24-19-11-10-15-8-6-7-9-17(15)18(19)13-16(14-21)20(22)23-4-2/h6-11,13H,3-5,12H2,1-2H3/b16-13-. The Morgan fingerprint density at radius 2 is 2.00 bits per heavy atom. The van der Waals surface area contributed by atoms with Crippen LogP contribution in [0.3, 0.4) is 0 Å². The first-order chi connectivity index (χ1) is 11.7. The van der Waals surface area contributed by atoms with Crippen molar-refractivity contribution < 1.29 is 14.3 Å². The molecule has 0 bridgehead atoms. The van der Waals surface area contributed by atoms with E-state index >= 15 is 0 Å². The van der Waals surface area contributed by atoms with Gasteiger partial charge in [-0.25, -0.2) is 4.79 Å². The van der Waals surface area contributed by atoms with Crippen molar-refractivity contribution in [3.05, 3.63) is 47.5 Å². The first kappa shape index (κ1) is 17.6. The molecule has 2 rings (SSSR count). The van der Waals surface area contributed by atoms with E-state index in [-0.39, 0.29) is 12.2 Å². The fraction of sp³-hybridized carbons (Fsp3) is 0.300. The summed E-state index contributed by atoms with van der Waals surface area (Å²) < 4.78 is 10.8. The number of nitrogens with zero attached hydrogens (tertiary/aromatic N) is 1. The van der Waals surface area contributed by atoms with Gasteiger partial charge in [-0.1, -0.05) is 43.7 Å². The first-order valence-electron chi connectivity index (χ1n) is 8.14. The summed E-state index contributed by atoms with van der Waals surface area (Å²) in [6.07, 6.45) is 3.53. The molecule has 0 spiro atoms. The number of unbranched alkanes of at least 4 members (excludes halogenated alkanes) is 1. The summed E-state index contributed by atoms with van der Waals surface area (Å²) >= 11 is 0. The lowest BCUT2D eigenvalue weighted by Gasteiger charge is -2.12. The fourth-order valence-electron chi connectivity index (χ4n) is 2.37. The van der Waals surface area contributed by atoms with Crippen molar-refractivity contribution in [2.45, 2.75) is 26.7 Å². The quantitative estimate of drug-likeness (QED) is 0.326. The molecule has 0 atom stereocenters. The Hall–Kier alpha value is -2.80. The number of rotatable bonds is 7. The zero-order valence-corrected chi connectivity index (χ0v) is 14.0. The third-order valence-corrected chi connectivity index (χ3v) is 3.59. The highest BCUT2D eigenvalue weighted by atomic mass is 16.5. The van der Waals surface area contributed by atoms with Crippen molar-refractivity contribution in [3.63, 3.8) is 0 Å². The van der Waals surface area contributed by atoms with Gasteiger partial charge in [-0.3, -0.25) is 0 Å². The average molecular weight is 323 g/mol. The van der Waals surface area contributed by atoms with Gasteiger partial charge in [-0.15, -0.1) is 0 Å². The highest BCUT2D eigenvalue weighted by Gasteiger charge is 2.14. The molecule has 0 aliphatic rings. The van der Waals surface area contributed by atoms with Gasteiger partial charge in [0.25, 0.3) is 0 Å². The summed E-state index contributed by atoms with van der Waals surface area (Å²) in [4.78, 5) is 11.9. The Morgan fingerprint density at radius 1 is 1.21 bits per heavy atom. The molecule has 0 saturated heterocycles. The Balaban J connectivity index is 2.53. The molecular weight excluding hydrogens is 302 g/mol. The number of esters is 1. The Kier molecular flexibility index (Phi) is 6.39. The molecule has 2 aromatic carbocycles. The number of benzene rings is 2. The molecular formula is C20H21NO3. The molecule has 124 valence electrons. The molecule has 4 nitrogen and oxygen atoms in total. The van der Waals surface area contributed by atoms with Gasteiger partial charge in [-0.05, 0) is 36.3 Å². The van der Waals surface area contributed by atoms with Gasteiger partial charge in [0.15, 0.2) is 0 Å². The fourth-order valence-corrected chi connectivity index (χ4v) is 2.37. The van der Waals surface area contributed by atoms with Crippen LogP contribution in [-0.4, -0.2) is 19.2 Å². The van der Waals surface area contributed by atoms with Gasteiger partial charge in [0, 0.05) is 5.56 Å². The molecule has 0 aromatic heterocycles. The van der Waals surface area contributed by atoms with Gasteiger partial charge in [0.05, 0.1) is 13.2 Å². The van der Waals surface area contributed by atoms with E-state index in [4.69, 9.17) is 9.47 Å². The minimum Gasteiger partial charge on any atom is -0.493 e. The van der Waals surface area contributed by atoms with E-state index in [0.717, 1.165) is 29.2 Å². The van der Waals surface area contributed by atoms with E-state index in [0.29, 0.717) is 12.4 Å². The number of carbonyl (C=O) groups is 1. The van der Waals surface area contributed by atoms with Crippen molar-refractivity contribution in [2.75, 3.05) is 13.2 Å². The molecule has 0 aliphatic carbocycles. The third-order valence-electron chi connectivity index (χ3n) is 3.59. The number of carbonyl (C=O) groups excluding carboxylic acids is 1. The monoisotopic (exact) mass is 323 g/mol. The van der Waals surface area contributed by atoms with Crippen LogP contribution in [-0.2, 0) is 9.53 Å². The second-order valence-electron chi connectivity index (χ2n) is 5.29. The number of hydrogen-bond donors (Lipinski definition) is 0. The summed E-state index contributed by atoms with van der Waals surface area (Å²) in [6, 6.07) is 13.6. The van der Waals surface area contributed by atoms with Crippen LogP contribution in [0.4, 0.5) is 0 Å². The lowest BCUT2D eigenvalue weighted by molar-refractivity contribution is -0.137. The largest absolute Gasteiger partial charge is 0.493 e. The summed E-state index contributed by atoms with van der Waals surface area (Å²) in [7, 11) is 0. The topological polar surface area (TPSA) is 59.3 Å². The number of nitriles is 1. The van der Waals surface area contributed by atoms with E-state index in [1.807, 2.05) is 42.5 Å². The molecule has 0 radical (unpaired) electrons. The van der Waals surface area contributed by atoms with Crippen LogP contribution < -0.4 is 4.74 Å². The van der Waals surface area contributed by atoms with Crippen molar-refractivity contribution in [3.8, 4) is 11.8 Å². The lowest BCUT2D eigenvalue weighted by atomic mass is 10.0. The number of hydrogen-bond acceptors (Lipinski definition) is 4. The minimum absolute atomic E-state index is 0.0338. The highest BCUT2D eigenvalue weighted by Crippen LogP contribution is 2.30. The molecule has 0 unspecified atom stereocenters. The van der Waals surface area contributed by atoms with E-state index in [1.54, 1.807) is 13.0 Å². The minimum atomic E-state index is -0.618. The lowest BCUT2D eigenvalue weighted by Crippen LogP contribution is -2.06. The first-order valence-corrected chi connectivity index (χ1v) is 8.14. The summed E-state index contributed by atoms with van der Waals surface area (Å²) in [6.45, 7) is 4.63. The van der Waals surface area contributed by atoms with Crippen LogP contribution in [0.2, 0.25) is 0 Å². The zero-order chi connectivity index (χ0) is 17.4. The molecule has 0 saturated carbocycles. The Bertz CT molecular complexity index is 787. The maximum atomic E-state index is 11.9. The van der Waals surface area contributed by atoms with Gasteiger partial charge in [0.1, 0.15) is 17.4 Å². The molecule has 24 heavy (non-hydrogen) atoms. The number of fused-ring (bicyclic) bond motifs is 1. The van der Waals surface area contributed by atoms with Crippen LogP contribution in [0.1, 0.15) is 32.3 Å². The summed E-state index contributed by atoms with van der Waals surface area (Å²) in [5, 5.41) is 11.3. The maximum absolute atomic E-state index is 11.9.